The van der Waals surface area contributed by atoms with Crippen molar-refractivity contribution in [2.45, 2.75) is 38.8 Å². The highest BCUT2D eigenvalue weighted by atomic mass is 32.1. The number of carbonyl (C=O) groups is 2. The Hall–Kier alpha value is -3.38. The number of nitrogens with one attached hydrogen (secondary N) is 2. The predicted octanol–water partition coefficient (Wildman–Crippen LogP) is 5.25. The van der Waals surface area contributed by atoms with Crippen LogP contribution in [0.15, 0.2) is 71.7 Å². The molecule has 2 N–H and O–H groups in total. The minimum atomic E-state index is -0.425. The molecule has 0 saturated heterocycles. The summed E-state index contributed by atoms with van der Waals surface area (Å²) in [6, 6.07) is 18.4. The lowest BCUT2D eigenvalue weighted by molar-refractivity contribution is -0.119. The van der Waals surface area contributed by atoms with E-state index >= 15 is 0 Å². The molecule has 1 atom stereocenters. The summed E-state index contributed by atoms with van der Waals surface area (Å²) in [7, 11) is 0. The van der Waals surface area contributed by atoms with Crippen LogP contribution in [0.25, 0.3) is 6.08 Å². The molecule has 2 aromatic carbocycles. The summed E-state index contributed by atoms with van der Waals surface area (Å²) < 4.78 is 6.12. The Morgan fingerprint density at radius 1 is 1.09 bits per heavy atom. The summed E-state index contributed by atoms with van der Waals surface area (Å²) in [5, 5.41) is 7.86. The van der Waals surface area contributed by atoms with Gasteiger partial charge in [-0.1, -0.05) is 42.0 Å². The molecule has 2 heterocycles. The van der Waals surface area contributed by atoms with Crippen molar-refractivity contribution in [2.75, 3.05) is 0 Å². The SMILES string of the molecule is Cc1ccc2c(c1)C(NC(=O)/C(=C/c1cccs1)NC(=O)c1ccccc1)CC(C)(C)O2. The number of carbonyl (C=O) groups excluding carboxylic acids is 2. The van der Waals surface area contributed by atoms with E-state index in [0.29, 0.717) is 12.0 Å². The smallest absolute Gasteiger partial charge is 0.268 e. The zero-order valence-electron chi connectivity index (χ0n) is 18.3. The van der Waals surface area contributed by atoms with Crippen LogP contribution in [0.5, 0.6) is 5.75 Å². The molecule has 1 unspecified atom stereocenters. The second kappa shape index (κ2) is 9.01. The number of hydrogen-bond donors (Lipinski definition) is 2. The second-order valence-electron chi connectivity index (χ2n) is 8.53. The van der Waals surface area contributed by atoms with Crippen LogP contribution in [0.3, 0.4) is 0 Å². The maximum absolute atomic E-state index is 13.4. The van der Waals surface area contributed by atoms with Crippen molar-refractivity contribution < 1.29 is 14.3 Å². The zero-order valence-corrected chi connectivity index (χ0v) is 19.2. The first-order chi connectivity index (χ1) is 15.3. The Morgan fingerprint density at radius 2 is 1.88 bits per heavy atom. The topological polar surface area (TPSA) is 67.4 Å². The molecule has 2 amide bonds. The summed E-state index contributed by atoms with van der Waals surface area (Å²) in [6.45, 7) is 6.03. The van der Waals surface area contributed by atoms with Gasteiger partial charge in [-0.15, -0.1) is 11.3 Å². The van der Waals surface area contributed by atoms with E-state index in [-0.39, 0.29) is 23.6 Å². The van der Waals surface area contributed by atoms with Gasteiger partial charge in [0.1, 0.15) is 17.0 Å². The molecule has 32 heavy (non-hydrogen) atoms. The van der Waals surface area contributed by atoms with Gasteiger partial charge in [0.15, 0.2) is 0 Å². The number of amides is 2. The average Bonchev–Trinajstić information content (AvgIpc) is 3.27. The maximum Gasteiger partial charge on any atom is 0.268 e. The first kappa shape index (κ1) is 21.8. The highest BCUT2D eigenvalue weighted by Gasteiger charge is 2.35. The van der Waals surface area contributed by atoms with Crippen LogP contribution in [0.1, 0.15) is 52.7 Å². The Balaban J connectivity index is 1.62. The molecule has 0 saturated carbocycles. The number of hydrogen-bond acceptors (Lipinski definition) is 4. The molecule has 164 valence electrons. The van der Waals surface area contributed by atoms with Crippen molar-refractivity contribution in [2.24, 2.45) is 0 Å². The Kier molecular flexibility index (Phi) is 6.15. The first-order valence-corrected chi connectivity index (χ1v) is 11.4. The largest absolute Gasteiger partial charge is 0.487 e. The number of aryl methyl sites for hydroxylation is 1. The van der Waals surface area contributed by atoms with Crippen LogP contribution in [-0.4, -0.2) is 17.4 Å². The van der Waals surface area contributed by atoms with E-state index in [1.54, 1.807) is 30.3 Å². The van der Waals surface area contributed by atoms with E-state index in [0.717, 1.165) is 21.8 Å². The van der Waals surface area contributed by atoms with E-state index in [1.165, 1.54) is 11.3 Å². The van der Waals surface area contributed by atoms with Gasteiger partial charge in [0.2, 0.25) is 0 Å². The second-order valence-corrected chi connectivity index (χ2v) is 9.51. The quantitative estimate of drug-likeness (QED) is 0.526. The van der Waals surface area contributed by atoms with Crippen molar-refractivity contribution in [1.29, 1.82) is 0 Å². The third-order valence-corrected chi connectivity index (χ3v) is 6.11. The van der Waals surface area contributed by atoms with Gasteiger partial charge in [-0.05, 0) is 56.5 Å². The third-order valence-electron chi connectivity index (χ3n) is 5.29. The Bertz CT molecular complexity index is 1150. The van der Waals surface area contributed by atoms with Gasteiger partial charge in [0.05, 0.1) is 6.04 Å². The molecule has 0 aliphatic carbocycles. The van der Waals surface area contributed by atoms with Crippen LogP contribution in [0.4, 0.5) is 0 Å². The minimum Gasteiger partial charge on any atom is -0.487 e. The van der Waals surface area contributed by atoms with E-state index in [9.17, 15) is 9.59 Å². The van der Waals surface area contributed by atoms with E-state index < -0.39 is 5.60 Å². The average molecular weight is 447 g/mol. The van der Waals surface area contributed by atoms with Gasteiger partial charge in [-0.3, -0.25) is 9.59 Å². The van der Waals surface area contributed by atoms with Crippen LogP contribution >= 0.6 is 11.3 Å². The predicted molar refractivity (Wildman–Crippen MR) is 128 cm³/mol. The molecular formula is C26H26N2O3S. The summed E-state index contributed by atoms with van der Waals surface area (Å²) in [6.07, 6.45) is 2.33. The van der Waals surface area contributed by atoms with E-state index in [1.807, 2.05) is 62.5 Å². The third kappa shape index (κ3) is 5.08. The maximum atomic E-state index is 13.4. The molecule has 0 radical (unpaired) electrons. The summed E-state index contributed by atoms with van der Waals surface area (Å²) in [4.78, 5) is 27.0. The van der Waals surface area contributed by atoms with Crippen molar-refractivity contribution in [3.8, 4) is 5.75 Å². The van der Waals surface area contributed by atoms with Crippen LogP contribution in [-0.2, 0) is 4.79 Å². The van der Waals surface area contributed by atoms with Gasteiger partial charge in [0.25, 0.3) is 11.8 Å². The molecule has 0 spiro atoms. The zero-order chi connectivity index (χ0) is 22.7. The highest BCUT2D eigenvalue weighted by molar-refractivity contribution is 7.10. The van der Waals surface area contributed by atoms with E-state index in [4.69, 9.17) is 4.74 Å². The van der Waals surface area contributed by atoms with Crippen LogP contribution < -0.4 is 15.4 Å². The number of fused-ring (bicyclic) bond motifs is 1. The minimum absolute atomic E-state index is 0.208. The molecule has 1 aliphatic rings. The fourth-order valence-corrected chi connectivity index (χ4v) is 4.45. The monoisotopic (exact) mass is 446 g/mol. The summed E-state index contributed by atoms with van der Waals surface area (Å²) >= 11 is 1.50. The molecule has 0 fully saturated rings. The van der Waals surface area contributed by atoms with Crippen LogP contribution in [0, 0.1) is 6.92 Å². The first-order valence-electron chi connectivity index (χ1n) is 10.5. The molecule has 5 nitrogen and oxygen atoms in total. The molecule has 0 bridgehead atoms. The van der Waals surface area contributed by atoms with Crippen molar-refractivity contribution in [1.82, 2.24) is 10.6 Å². The van der Waals surface area contributed by atoms with Crippen molar-refractivity contribution >= 4 is 29.2 Å². The summed E-state index contributed by atoms with van der Waals surface area (Å²) in [5.41, 5.74) is 2.32. The lowest BCUT2D eigenvalue weighted by Crippen LogP contribution is -2.43. The molecule has 1 aromatic heterocycles. The molecule has 4 rings (SSSR count). The van der Waals surface area contributed by atoms with Crippen LogP contribution in [0.2, 0.25) is 0 Å². The van der Waals surface area contributed by atoms with Gasteiger partial charge in [-0.2, -0.15) is 0 Å². The van der Waals surface area contributed by atoms with E-state index in [2.05, 4.69) is 10.6 Å². The number of thiophene rings is 1. The standard InChI is InChI=1S/C26H26N2O3S/c1-17-11-12-23-20(14-17)22(16-26(2,3)31-23)28-25(30)21(15-19-10-7-13-32-19)27-24(29)18-8-5-4-6-9-18/h4-15,22H,16H2,1-3H3,(H,27,29)(H,28,30)/b21-15-. The van der Waals surface area contributed by atoms with Gasteiger partial charge >= 0.3 is 0 Å². The van der Waals surface area contributed by atoms with Crippen molar-refractivity contribution in [3.05, 3.63) is 93.3 Å². The molecular weight excluding hydrogens is 420 g/mol. The molecule has 3 aromatic rings. The number of rotatable bonds is 5. The molecule has 1 aliphatic heterocycles. The Labute approximate surface area is 192 Å². The van der Waals surface area contributed by atoms with Gasteiger partial charge < -0.3 is 15.4 Å². The van der Waals surface area contributed by atoms with Crippen molar-refractivity contribution in [3.63, 3.8) is 0 Å². The Morgan fingerprint density at radius 3 is 2.59 bits per heavy atom. The number of benzene rings is 2. The molecule has 6 heteroatoms. The fraction of sp³-hybridized carbons (Fsp3) is 0.231. The summed E-state index contributed by atoms with van der Waals surface area (Å²) in [5.74, 6) is 0.110. The highest BCUT2D eigenvalue weighted by Crippen LogP contribution is 2.40. The number of ether oxygens (including phenoxy) is 1. The lowest BCUT2D eigenvalue weighted by Gasteiger charge is -2.38. The normalized spacial score (nSPS) is 17.1. The van der Waals surface area contributed by atoms with Gasteiger partial charge in [0, 0.05) is 22.4 Å². The lowest BCUT2D eigenvalue weighted by atomic mass is 9.89. The fourth-order valence-electron chi connectivity index (χ4n) is 3.80. The van der Waals surface area contributed by atoms with Gasteiger partial charge in [-0.25, -0.2) is 0 Å².